The molecule has 0 rings (SSSR count). The highest BCUT2D eigenvalue weighted by atomic mass is 16.1. The minimum atomic E-state index is 0.0275. The maximum atomic E-state index is 11.4. The van der Waals surface area contributed by atoms with Crippen LogP contribution >= 0.6 is 0 Å². The van der Waals surface area contributed by atoms with Gasteiger partial charge in [-0.05, 0) is 18.8 Å². The number of carbonyl (C=O) groups is 1. The molecule has 0 saturated heterocycles. The first-order valence-corrected chi connectivity index (χ1v) is 5.26. The second kappa shape index (κ2) is 7.37. The number of nitrogens with one attached hydrogen (secondary N) is 1. The van der Waals surface area contributed by atoms with Gasteiger partial charge in [0.1, 0.15) is 0 Å². The highest BCUT2D eigenvalue weighted by molar-refractivity contribution is 5.76. The van der Waals surface area contributed by atoms with E-state index in [1.807, 2.05) is 6.92 Å². The lowest BCUT2D eigenvalue weighted by Gasteiger charge is -2.13. The van der Waals surface area contributed by atoms with Crippen LogP contribution in [0.5, 0.6) is 0 Å². The lowest BCUT2D eigenvalue weighted by Crippen LogP contribution is -2.34. The number of carbonyl (C=O) groups excluding carboxylic acids is 1. The van der Waals surface area contributed by atoms with E-state index in [0.29, 0.717) is 18.8 Å². The first kappa shape index (κ1) is 13.0. The number of nitriles is 1. The Balaban J connectivity index is 3.74. The van der Waals surface area contributed by atoms with Crippen molar-refractivity contribution in [2.45, 2.75) is 52.5 Å². The molecule has 1 amide bonds. The van der Waals surface area contributed by atoms with Gasteiger partial charge in [-0.15, -0.1) is 0 Å². The monoisotopic (exact) mass is 196 g/mol. The van der Waals surface area contributed by atoms with E-state index in [0.717, 1.165) is 12.8 Å². The number of amides is 1. The fraction of sp³-hybridized carbons (Fsp3) is 0.818. The van der Waals surface area contributed by atoms with Gasteiger partial charge >= 0.3 is 0 Å². The summed E-state index contributed by atoms with van der Waals surface area (Å²) in [6, 6.07) is 2.10. The van der Waals surface area contributed by atoms with Crippen LogP contribution in [-0.2, 0) is 4.79 Å². The maximum absolute atomic E-state index is 11.4. The first-order chi connectivity index (χ1) is 6.60. The van der Waals surface area contributed by atoms with E-state index in [1.54, 1.807) is 0 Å². The fourth-order valence-corrected chi connectivity index (χ4v) is 1.13. The standard InChI is InChI=1S/C11H20N2O/c1-4-10(7-8-12)13-11(14)6-5-9(2)3/h9-10H,4-7H2,1-3H3,(H,13,14). The Bertz CT molecular complexity index is 206. The van der Waals surface area contributed by atoms with Gasteiger partial charge in [0.25, 0.3) is 0 Å². The molecular formula is C11H20N2O. The third kappa shape index (κ3) is 6.47. The van der Waals surface area contributed by atoms with Crippen molar-refractivity contribution in [2.75, 3.05) is 0 Å². The van der Waals surface area contributed by atoms with E-state index in [2.05, 4.69) is 25.2 Å². The Morgan fingerprint density at radius 3 is 2.57 bits per heavy atom. The topological polar surface area (TPSA) is 52.9 Å². The minimum Gasteiger partial charge on any atom is -0.352 e. The van der Waals surface area contributed by atoms with Crippen LogP contribution in [0, 0.1) is 17.2 Å². The third-order valence-corrected chi connectivity index (χ3v) is 2.14. The smallest absolute Gasteiger partial charge is 0.220 e. The molecule has 0 spiro atoms. The molecule has 0 aromatic carbocycles. The maximum Gasteiger partial charge on any atom is 0.220 e. The molecule has 0 saturated carbocycles. The number of hydrogen-bond donors (Lipinski definition) is 1. The van der Waals surface area contributed by atoms with Gasteiger partial charge < -0.3 is 5.32 Å². The van der Waals surface area contributed by atoms with Crippen molar-refractivity contribution in [3.8, 4) is 6.07 Å². The molecule has 0 aromatic rings. The highest BCUT2D eigenvalue weighted by Gasteiger charge is 2.09. The molecule has 0 radical (unpaired) electrons. The molecule has 0 aliphatic rings. The number of hydrogen-bond acceptors (Lipinski definition) is 2. The fourth-order valence-electron chi connectivity index (χ4n) is 1.13. The normalized spacial score (nSPS) is 12.2. The van der Waals surface area contributed by atoms with E-state index in [1.165, 1.54) is 0 Å². The summed E-state index contributed by atoms with van der Waals surface area (Å²) in [5, 5.41) is 11.4. The van der Waals surface area contributed by atoms with Gasteiger partial charge in [-0.2, -0.15) is 5.26 Å². The SMILES string of the molecule is CCC(CC#N)NC(=O)CCC(C)C. The lowest BCUT2D eigenvalue weighted by atomic mass is 10.1. The minimum absolute atomic E-state index is 0.0275. The zero-order valence-electron chi connectivity index (χ0n) is 9.34. The molecule has 0 bridgehead atoms. The van der Waals surface area contributed by atoms with Gasteiger partial charge in [0.2, 0.25) is 5.91 Å². The zero-order chi connectivity index (χ0) is 11.0. The van der Waals surface area contributed by atoms with Crippen LogP contribution in [0.3, 0.4) is 0 Å². The van der Waals surface area contributed by atoms with Crippen LogP contribution in [0.2, 0.25) is 0 Å². The molecule has 80 valence electrons. The van der Waals surface area contributed by atoms with Crippen molar-refractivity contribution in [2.24, 2.45) is 5.92 Å². The van der Waals surface area contributed by atoms with Crippen molar-refractivity contribution < 1.29 is 4.79 Å². The van der Waals surface area contributed by atoms with Crippen molar-refractivity contribution in [3.63, 3.8) is 0 Å². The van der Waals surface area contributed by atoms with Crippen molar-refractivity contribution in [1.29, 1.82) is 5.26 Å². The Labute approximate surface area is 86.5 Å². The predicted octanol–water partition coefficient (Wildman–Crippen LogP) is 2.23. The molecule has 0 aliphatic heterocycles. The van der Waals surface area contributed by atoms with Gasteiger partial charge in [-0.3, -0.25) is 4.79 Å². The molecule has 0 heterocycles. The van der Waals surface area contributed by atoms with Gasteiger partial charge in [0, 0.05) is 12.5 Å². The predicted molar refractivity (Wildman–Crippen MR) is 56.5 cm³/mol. The van der Waals surface area contributed by atoms with Crippen molar-refractivity contribution >= 4 is 5.91 Å². The highest BCUT2D eigenvalue weighted by Crippen LogP contribution is 2.04. The summed E-state index contributed by atoms with van der Waals surface area (Å²) in [4.78, 5) is 11.4. The summed E-state index contributed by atoms with van der Waals surface area (Å²) in [6.45, 7) is 6.17. The van der Waals surface area contributed by atoms with Crippen LogP contribution < -0.4 is 5.32 Å². The molecule has 3 heteroatoms. The second-order valence-electron chi connectivity index (χ2n) is 3.97. The summed E-state index contributed by atoms with van der Waals surface area (Å²) < 4.78 is 0. The van der Waals surface area contributed by atoms with Crippen LogP contribution in [0.4, 0.5) is 0 Å². The van der Waals surface area contributed by atoms with Crippen LogP contribution in [0.25, 0.3) is 0 Å². The Kier molecular flexibility index (Phi) is 6.82. The van der Waals surface area contributed by atoms with Crippen LogP contribution in [0.1, 0.15) is 46.5 Å². The van der Waals surface area contributed by atoms with Gasteiger partial charge in [-0.1, -0.05) is 20.8 Å². The Morgan fingerprint density at radius 1 is 1.50 bits per heavy atom. The van der Waals surface area contributed by atoms with E-state index in [4.69, 9.17) is 5.26 Å². The molecule has 1 unspecified atom stereocenters. The van der Waals surface area contributed by atoms with Crippen molar-refractivity contribution in [3.05, 3.63) is 0 Å². The summed E-state index contributed by atoms with van der Waals surface area (Å²) >= 11 is 0. The van der Waals surface area contributed by atoms with Gasteiger partial charge in [-0.25, -0.2) is 0 Å². The third-order valence-electron chi connectivity index (χ3n) is 2.14. The van der Waals surface area contributed by atoms with Crippen molar-refractivity contribution in [1.82, 2.24) is 5.32 Å². The molecule has 1 atom stereocenters. The lowest BCUT2D eigenvalue weighted by molar-refractivity contribution is -0.122. The Morgan fingerprint density at radius 2 is 2.14 bits per heavy atom. The van der Waals surface area contributed by atoms with E-state index in [-0.39, 0.29) is 11.9 Å². The van der Waals surface area contributed by atoms with E-state index >= 15 is 0 Å². The van der Waals surface area contributed by atoms with Crippen LogP contribution in [-0.4, -0.2) is 11.9 Å². The molecule has 0 aromatic heterocycles. The molecule has 14 heavy (non-hydrogen) atoms. The average molecular weight is 196 g/mol. The average Bonchev–Trinajstić information content (AvgIpc) is 2.14. The quantitative estimate of drug-likeness (QED) is 0.708. The number of rotatable bonds is 6. The molecule has 3 nitrogen and oxygen atoms in total. The van der Waals surface area contributed by atoms with Crippen LogP contribution in [0.15, 0.2) is 0 Å². The largest absolute Gasteiger partial charge is 0.352 e. The molecule has 0 aliphatic carbocycles. The van der Waals surface area contributed by atoms with Gasteiger partial charge in [0.15, 0.2) is 0 Å². The summed E-state index contributed by atoms with van der Waals surface area (Å²) in [5.74, 6) is 0.623. The molecule has 0 fully saturated rings. The van der Waals surface area contributed by atoms with E-state index < -0.39 is 0 Å². The summed E-state index contributed by atoms with van der Waals surface area (Å²) in [5.41, 5.74) is 0. The number of nitrogens with zero attached hydrogens (tertiary/aromatic N) is 1. The first-order valence-electron chi connectivity index (χ1n) is 5.26. The zero-order valence-corrected chi connectivity index (χ0v) is 9.34. The van der Waals surface area contributed by atoms with E-state index in [9.17, 15) is 4.79 Å². The summed E-state index contributed by atoms with van der Waals surface area (Å²) in [6.07, 6.45) is 2.71. The molecular weight excluding hydrogens is 176 g/mol. The van der Waals surface area contributed by atoms with Gasteiger partial charge in [0.05, 0.1) is 12.5 Å². The summed E-state index contributed by atoms with van der Waals surface area (Å²) in [7, 11) is 0. The Hall–Kier alpha value is -1.04. The molecule has 1 N–H and O–H groups in total. The second-order valence-corrected chi connectivity index (χ2v) is 3.97.